The van der Waals surface area contributed by atoms with E-state index in [1.165, 1.54) is 5.56 Å². The summed E-state index contributed by atoms with van der Waals surface area (Å²) in [6, 6.07) is 8.16. The van der Waals surface area contributed by atoms with Gasteiger partial charge in [0.05, 0.1) is 7.11 Å². The number of benzene rings is 1. The van der Waals surface area contributed by atoms with E-state index in [-0.39, 0.29) is 0 Å². The van der Waals surface area contributed by atoms with Crippen LogP contribution < -0.4 is 4.74 Å². The highest BCUT2D eigenvalue weighted by Gasteiger charge is 2.00. The topological polar surface area (TPSA) is 12.5 Å². The van der Waals surface area contributed by atoms with Gasteiger partial charge in [0.1, 0.15) is 5.75 Å². The van der Waals surface area contributed by atoms with Crippen LogP contribution in [0.3, 0.4) is 0 Å². The van der Waals surface area contributed by atoms with Crippen LogP contribution in [0.5, 0.6) is 5.75 Å². The van der Waals surface area contributed by atoms with Crippen molar-refractivity contribution < 1.29 is 4.74 Å². The molecule has 0 saturated carbocycles. The molecular formula is C12H18ClNO. The number of halogens is 1. The zero-order chi connectivity index (χ0) is 11.1. The average Bonchev–Trinajstić information content (AvgIpc) is 2.26. The molecule has 0 aromatic heterocycles. The first kappa shape index (κ1) is 12.3. The molecule has 0 aliphatic rings. The number of hydrogen-bond acceptors (Lipinski definition) is 2. The van der Waals surface area contributed by atoms with Gasteiger partial charge in [-0.05, 0) is 37.7 Å². The predicted molar refractivity (Wildman–Crippen MR) is 64.7 cm³/mol. The van der Waals surface area contributed by atoms with E-state index in [2.05, 4.69) is 24.1 Å². The Bertz CT molecular complexity index is 291. The number of nitrogens with zero attached hydrogens (tertiary/aromatic N) is 1. The number of alkyl halides is 1. The molecule has 0 spiro atoms. The summed E-state index contributed by atoms with van der Waals surface area (Å²) >= 11 is 5.65. The lowest BCUT2D eigenvalue weighted by Crippen LogP contribution is -2.19. The highest BCUT2D eigenvalue weighted by atomic mass is 35.5. The number of hydrogen-bond donors (Lipinski definition) is 0. The Morgan fingerprint density at radius 2 is 2.20 bits per heavy atom. The van der Waals surface area contributed by atoms with Crippen molar-refractivity contribution in [1.29, 1.82) is 0 Å². The molecular weight excluding hydrogens is 210 g/mol. The van der Waals surface area contributed by atoms with Crippen LogP contribution in [0.2, 0.25) is 0 Å². The van der Waals surface area contributed by atoms with Crippen LogP contribution >= 0.6 is 11.6 Å². The summed E-state index contributed by atoms with van der Waals surface area (Å²) < 4.78 is 5.18. The zero-order valence-electron chi connectivity index (χ0n) is 9.37. The van der Waals surface area contributed by atoms with Crippen molar-refractivity contribution in [3.05, 3.63) is 29.8 Å². The number of methoxy groups -OCH3 is 1. The van der Waals surface area contributed by atoms with Crippen molar-refractivity contribution in [1.82, 2.24) is 4.90 Å². The minimum Gasteiger partial charge on any atom is -0.497 e. The van der Waals surface area contributed by atoms with Crippen LogP contribution in [-0.4, -0.2) is 31.5 Å². The molecule has 0 N–H and O–H groups in total. The van der Waals surface area contributed by atoms with Crippen LogP contribution in [-0.2, 0) is 6.54 Å². The molecule has 0 heterocycles. The quantitative estimate of drug-likeness (QED) is 0.693. The SMILES string of the molecule is COc1cccc(CN(C)CCCCl)c1. The molecule has 84 valence electrons. The summed E-state index contributed by atoms with van der Waals surface area (Å²) in [6.07, 6.45) is 1.03. The highest BCUT2D eigenvalue weighted by Crippen LogP contribution is 2.13. The fraction of sp³-hybridized carbons (Fsp3) is 0.500. The second-order valence-corrected chi connectivity index (χ2v) is 4.01. The average molecular weight is 228 g/mol. The maximum atomic E-state index is 5.65. The largest absolute Gasteiger partial charge is 0.497 e. The first-order valence-electron chi connectivity index (χ1n) is 5.13. The van der Waals surface area contributed by atoms with Crippen molar-refractivity contribution in [2.45, 2.75) is 13.0 Å². The molecule has 0 saturated heterocycles. The summed E-state index contributed by atoms with van der Waals surface area (Å²) in [5.41, 5.74) is 1.27. The van der Waals surface area contributed by atoms with Crippen LogP contribution in [0.15, 0.2) is 24.3 Å². The third kappa shape index (κ3) is 4.54. The summed E-state index contributed by atoms with van der Waals surface area (Å²) in [5.74, 6) is 1.64. The molecule has 1 rings (SSSR count). The van der Waals surface area contributed by atoms with Crippen molar-refractivity contribution in [2.24, 2.45) is 0 Å². The summed E-state index contributed by atoms with van der Waals surface area (Å²) in [7, 11) is 3.79. The Morgan fingerprint density at radius 1 is 1.40 bits per heavy atom. The third-order valence-corrected chi connectivity index (χ3v) is 2.53. The maximum Gasteiger partial charge on any atom is 0.119 e. The van der Waals surface area contributed by atoms with Gasteiger partial charge in [-0.3, -0.25) is 0 Å². The van der Waals surface area contributed by atoms with E-state index >= 15 is 0 Å². The Kier molecular flexibility index (Phi) is 5.51. The molecule has 0 aliphatic carbocycles. The molecule has 1 aromatic rings. The fourth-order valence-electron chi connectivity index (χ4n) is 1.49. The van der Waals surface area contributed by atoms with Gasteiger partial charge in [0.15, 0.2) is 0 Å². The van der Waals surface area contributed by atoms with Crippen LogP contribution in [0.25, 0.3) is 0 Å². The molecule has 0 fully saturated rings. The van der Waals surface area contributed by atoms with Gasteiger partial charge in [-0.1, -0.05) is 12.1 Å². The Balaban J connectivity index is 2.48. The van der Waals surface area contributed by atoms with Crippen LogP contribution in [0.1, 0.15) is 12.0 Å². The van der Waals surface area contributed by atoms with E-state index < -0.39 is 0 Å². The lowest BCUT2D eigenvalue weighted by atomic mass is 10.2. The minimum absolute atomic E-state index is 0.725. The van der Waals surface area contributed by atoms with Crippen molar-refractivity contribution in [3.63, 3.8) is 0 Å². The van der Waals surface area contributed by atoms with Crippen molar-refractivity contribution in [2.75, 3.05) is 26.6 Å². The van der Waals surface area contributed by atoms with Gasteiger partial charge in [0.25, 0.3) is 0 Å². The summed E-state index contributed by atoms with van der Waals surface area (Å²) in [4.78, 5) is 2.26. The normalized spacial score (nSPS) is 10.7. The number of ether oxygens (including phenoxy) is 1. The van der Waals surface area contributed by atoms with Gasteiger partial charge in [0, 0.05) is 12.4 Å². The second kappa shape index (κ2) is 6.70. The van der Waals surface area contributed by atoms with Gasteiger partial charge in [0.2, 0.25) is 0 Å². The van der Waals surface area contributed by atoms with Crippen LogP contribution in [0, 0.1) is 0 Å². The zero-order valence-corrected chi connectivity index (χ0v) is 10.1. The first-order valence-corrected chi connectivity index (χ1v) is 5.67. The maximum absolute atomic E-state index is 5.65. The molecule has 0 radical (unpaired) electrons. The van der Waals surface area contributed by atoms with Crippen LogP contribution in [0.4, 0.5) is 0 Å². The van der Waals surface area contributed by atoms with Gasteiger partial charge >= 0.3 is 0 Å². The van der Waals surface area contributed by atoms with E-state index in [9.17, 15) is 0 Å². The molecule has 0 aliphatic heterocycles. The Labute approximate surface area is 96.8 Å². The molecule has 1 aromatic carbocycles. The van der Waals surface area contributed by atoms with Crippen molar-refractivity contribution >= 4 is 11.6 Å². The Morgan fingerprint density at radius 3 is 2.87 bits per heavy atom. The van der Waals surface area contributed by atoms with E-state index in [4.69, 9.17) is 16.3 Å². The molecule has 0 unspecified atom stereocenters. The predicted octanol–water partition coefficient (Wildman–Crippen LogP) is 2.76. The van der Waals surface area contributed by atoms with Crippen molar-refractivity contribution in [3.8, 4) is 5.75 Å². The van der Waals surface area contributed by atoms with Gasteiger partial charge in [-0.2, -0.15) is 0 Å². The molecule has 0 atom stereocenters. The van der Waals surface area contributed by atoms with E-state index in [0.29, 0.717) is 0 Å². The molecule has 0 amide bonds. The lowest BCUT2D eigenvalue weighted by molar-refractivity contribution is 0.327. The Hall–Kier alpha value is -0.730. The van der Waals surface area contributed by atoms with Gasteiger partial charge in [-0.15, -0.1) is 11.6 Å². The van der Waals surface area contributed by atoms with Gasteiger partial charge < -0.3 is 9.64 Å². The van der Waals surface area contributed by atoms with E-state index in [0.717, 1.165) is 31.1 Å². The highest BCUT2D eigenvalue weighted by molar-refractivity contribution is 6.17. The molecule has 15 heavy (non-hydrogen) atoms. The monoisotopic (exact) mass is 227 g/mol. The second-order valence-electron chi connectivity index (χ2n) is 3.63. The minimum atomic E-state index is 0.725. The third-order valence-electron chi connectivity index (χ3n) is 2.26. The number of rotatable bonds is 6. The fourth-order valence-corrected chi connectivity index (χ4v) is 1.61. The first-order chi connectivity index (χ1) is 7.26. The molecule has 3 heteroatoms. The van der Waals surface area contributed by atoms with E-state index in [1.807, 2.05) is 12.1 Å². The standard InChI is InChI=1S/C12H18ClNO/c1-14(8-4-7-13)10-11-5-3-6-12(9-11)15-2/h3,5-6,9H,4,7-8,10H2,1-2H3. The summed E-state index contributed by atoms with van der Waals surface area (Å²) in [6.45, 7) is 1.97. The van der Waals surface area contributed by atoms with E-state index in [1.54, 1.807) is 7.11 Å². The summed E-state index contributed by atoms with van der Waals surface area (Å²) in [5, 5.41) is 0. The molecule has 0 bridgehead atoms. The lowest BCUT2D eigenvalue weighted by Gasteiger charge is -2.16. The van der Waals surface area contributed by atoms with Gasteiger partial charge in [-0.25, -0.2) is 0 Å². The molecule has 2 nitrogen and oxygen atoms in total. The smallest absolute Gasteiger partial charge is 0.119 e.